The van der Waals surface area contributed by atoms with E-state index in [1.807, 2.05) is 0 Å². The second-order valence-electron chi connectivity index (χ2n) is 8.00. The summed E-state index contributed by atoms with van der Waals surface area (Å²) >= 11 is 0. The average Bonchev–Trinajstić information content (AvgIpc) is 3.54. The van der Waals surface area contributed by atoms with Gasteiger partial charge in [-0.25, -0.2) is 14.8 Å². The summed E-state index contributed by atoms with van der Waals surface area (Å²) in [7, 11) is 0. The zero-order valence-corrected chi connectivity index (χ0v) is 18.2. The van der Waals surface area contributed by atoms with Gasteiger partial charge in [0.2, 0.25) is 17.7 Å². The van der Waals surface area contributed by atoms with Crippen LogP contribution in [0.5, 0.6) is 0 Å². The van der Waals surface area contributed by atoms with Crippen molar-refractivity contribution < 1.29 is 24.3 Å². The fourth-order valence-corrected chi connectivity index (χ4v) is 3.75. The van der Waals surface area contributed by atoms with Crippen LogP contribution in [0.2, 0.25) is 0 Å². The lowest BCUT2D eigenvalue weighted by molar-refractivity contribution is -0.143. The molecule has 0 spiro atoms. The Morgan fingerprint density at radius 3 is 2.24 bits per heavy atom. The van der Waals surface area contributed by atoms with Crippen molar-refractivity contribution in [3.63, 3.8) is 0 Å². The molecule has 0 radical (unpaired) electrons. The van der Waals surface area contributed by atoms with Crippen LogP contribution in [0.3, 0.4) is 0 Å². The van der Waals surface area contributed by atoms with E-state index in [2.05, 4.69) is 30.6 Å². The first-order valence-electron chi connectivity index (χ1n) is 10.6. The minimum Gasteiger partial charge on any atom is -0.480 e. The Balaban J connectivity index is 1.73. The molecule has 0 bridgehead atoms. The summed E-state index contributed by atoms with van der Waals surface area (Å²) in [6, 6.07) is -3.82. The Morgan fingerprint density at radius 1 is 1.12 bits per heavy atom. The number of carboxylic acids is 1. The van der Waals surface area contributed by atoms with Crippen LogP contribution in [-0.2, 0) is 32.0 Å². The highest BCUT2D eigenvalue weighted by molar-refractivity contribution is 5.94. The van der Waals surface area contributed by atoms with Crippen LogP contribution in [0.1, 0.15) is 31.2 Å². The van der Waals surface area contributed by atoms with E-state index >= 15 is 0 Å². The summed E-state index contributed by atoms with van der Waals surface area (Å²) in [5.74, 6) is -2.74. The molecule has 3 heterocycles. The van der Waals surface area contributed by atoms with Gasteiger partial charge in [0.25, 0.3) is 0 Å². The Kier molecular flexibility index (Phi) is 7.77. The fourth-order valence-electron chi connectivity index (χ4n) is 3.75. The topological polar surface area (TPSA) is 199 Å². The van der Waals surface area contributed by atoms with Gasteiger partial charge < -0.3 is 36.3 Å². The number of carboxylic acid groups (broad SMARTS) is 1. The lowest BCUT2D eigenvalue weighted by Gasteiger charge is -2.27. The monoisotopic (exact) mass is 460 g/mol. The number of likely N-dealkylation sites (tertiary alicyclic amines) is 1. The first-order chi connectivity index (χ1) is 15.8. The number of aromatic nitrogens is 4. The molecule has 178 valence electrons. The van der Waals surface area contributed by atoms with E-state index < -0.39 is 42.0 Å². The number of hydrogen-bond acceptors (Lipinski definition) is 7. The van der Waals surface area contributed by atoms with Gasteiger partial charge in [0.1, 0.15) is 18.1 Å². The molecule has 33 heavy (non-hydrogen) atoms. The van der Waals surface area contributed by atoms with E-state index in [1.165, 1.54) is 29.9 Å². The molecule has 4 unspecified atom stereocenters. The number of aromatic amines is 2. The fraction of sp³-hybridized carbons (Fsp3) is 0.500. The van der Waals surface area contributed by atoms with Crippen molar-refractivity contribution in [1.29, 1.82) is 0 Å². The number of nitrogens with one attached hydrogen (secondary N) is 4. The van der Waals surface area contributed by atoms with Crippen molar-refractivity contribution in [3.8, 4) is 0 Å². The molecule has 3 rings (SSSR count). The van der Waals surface area contributed by atoms with E-state index in [-0.39, 0.29) is 18.7 Å². The van der Waals surface area contributed by atoms with E-state index in [0.29, 0.717) is 30.8 Å². The number of imidazole rings is 2. The van der Waals surface area contributed by atoms with Crippen molar-refractivity contribution in [2.75, 3.05) is 6.54 Å². The zero-order chi connectivity index (χ0) is 24.0. The van der Waals surface area contributed by atoms with Crippen LogP contribution in [0.15, 0.2) is 25.0 Å². The second-order valence-corrected chi connectivity index (χ2v) is 8.00. The molecule has 1 fully saturated rings. The molecule has 1 aliphatic rings. The number of nitrogens with two attached hydrogens (primary N) is 1. The third kappa shape index (κ3) is 6.16. The van der Waals surface area contributed by atoms with Crippen LogP contribution in [0, 0.1) is 0 Å². The van der Waals surface area contributed by atoms with Gasteiger partial charge in [-0.15, -0.1) is 0 Å². The average molecular weight is 460 g/mol. The standard InChI is InChI=1S/C20H28N8O5/c1-11(21)19(31)28-4-2-3-16(28)18(30)26-14(5-12-7-22-9-24-12)17(29)27-15(20(32)33)6-13-8-23-10-25-13/h7-11,14-16H,2-6,21H2,1H3,(H,22,24)(H,23,25)(H,26,30)(H,27,29)(H,32,33). The predicted octanol–water partition coefficient (Wildman–Crippen LogP) is -1.69. The number of hydrogen-bond donors (Lipinski definition) is 6. The minimum atomic E-state index is -1.23. The highest BCUT2D eigenvalue weighted by atomic mass is 16.4. The van der Waals surface area contributed by atoms with E-state index in [9.17, 15) is 24.3 Å². The van der Waals surface area contributed by atoms with Gasteiger partial charge >= 0.3 is 5.97 Å². The molecule has 2 aromatic rings. The Bertz CT molecular complexity index is 959. The maximum atomic E-state index is 13.0. The first-order valence-corrected chi connectivity index (χ1v) is 10.6. The highest BCUT2D eigenvalue weighted by Crippen LogP contribution is 2.18. The predicted molar refractivity (Wildman–Crippen MR) is 114 cm³/mol. The highest BCUT2D eigenvalue weighted by Gasteiger charge is 2.37. The van der Waals surface area contributed by atoms with E-state index in [0.717, 1.165) is 0 Å². The molecular formula is C20H28N8O5. The maximum Gasteiger partial charge on any atom is 0.326 e. The third-order valence-corrected chi connectivity index (χ3v) is 5.43. The number of amides is 3. The van der Waals surface area contributed by atoms with Gasteiger partial charge in [-0.2, -0.15) is 0 Å². The molecule has 2 aromatic heterocycles. The smallest absolute Gasteiger partial charge is 0.326 e. The summed E-state index contributed by atoms with van der Waals surface area (Å²) < 4.78 is 0. The Morgan fingerprint density at radius 2 is 1.73 bits per heavy atom. The molecule has 13 nitrogen and oxygen atoms in total. The van der Waals surface area contributed by atoms with Gasteiger partial charge in [0.05, 0.1) is 18.7 Å². The van der Waals surface area contributed by atoms with Crippen LogP contribution >= 0.6 is 0 Å². The van der Waals surface area contributed by atoms with E-state index in [4.69, 9.17) is 5.73 Å². The normalized spacial score (nSPS) is 18.4. The van der Waals surface area contributed by atoms with Gasteiger partial charge in [-0.05, 0) is 19.8 Å². The van der Waals surface area contributed by atoms with Crippen molar-refractivity contribution >= 4 is 23.7 Å². The van der Waals surface area contributed by atoms with Crippen LogP contribution in [-0.4, -0.2) is 84.3 Å². The van der Waals surface area contributed by atoms with Gasteiger partial charge in [-0.1, -0.05) is 0 Å². The molecule has 4 atom stereocenters. The van der Waals surface area contributed by atoms with Crippen molar-refractivity contribution in [3.05, 3.63) is 36.4 Å². The van der Waals surface area contributed by atoms with Gasteiger partial charge in [0, 0.05) is 43.2 Å². The van der Waals surface area contributed by atoms with E-state index in [1.54, 1.807) is 6.92 Å². The SMILES string of the molecule is CC(N)C(=O)N1CCCC1C(=O)NC(Cc1cnc[nH]1)C(=O)NC(Cc1cnc[nH]1)C(=O)O. The molecule has 0 saturated carbocycles. The molecule has 7 N–H and O–H groups in total. The Labute approximate surface area is 189 Å². The number of nitrogens with zero attached hydrogens (tertiary/aromatic N) is 3. The molecule has 0 aliphatic carbocycles. The van der Waals surface area contributed by atoms with Crippen LogP contribution in [0.4, 0.5) is 0 Å². The van der Waals surface area contributed by atoms with Gasteiger partial charge in [0.15, 0.2) is 0 Å². The van der Waals surface area contributed by atoms with Crippen molar-refractivity contribution in [2.24, 2.45) is 5.73 Å². The van der Waals surface area contributed by atoms with Crippen LogP contribution < -0.4 is 16.4 Å². The van der Waals surface area contributed by atoms with Crippen molar-refractivity contribution in [2.45, 2.75) is 56.8 Å². The van der Waals surface area contributed by atoms with Crippen molar-refractivity contribution in [1.82, 2.24) is 35.5 Å². The lowest BCUT2D eigenvalue weighted by Crippen LogP contribution is -2.57. The number of carbonyl (C=O) groups is 4. The quantitative estimate of drug-likeness (QED) is 0.241. The summed E-state index contributed by atoms with van der Waals surface area (Å²) in [5, 5.41) is 14.7. The zero-order valence-electron chi connectivity index (χ0n) is 18.2. The molecule has 3 amide bonds. The molecule has 1 aliphatic heterocycles. The summed E-state index contributed by atoms with van der Waals surface area (Å²) in [6.07, 6.45) is 6.95. The molecule has 1 saturated heterocycles. The number of H-pyrrole nitrogens is 2. The summed E-state index contributed by atoms with van der Waals surface area (Å²) in [6.45, 7) is 1.96. The Hall–Kier alpha value is -3.74. The third-order valence-electron chi connectivity index (χ3n) is 5.43. The number of rotatable bonds is 10. The summed E-state index contributed by atoms with van der Waals surface area (Å²) in [5.41, 5.74) is 6.81. The number of aliphatic carboxylic acids is 1. The number of carbonyl (C=O) groups excluding carboxylic acids is 3. The second kappa shape index (κ2) is 10.7. The van der Waals surface area contributed by atoms with Gasteiger partial charge in [-0.3, -0.25) is 14.4 Å². The molecule has 13 heteroatoms. The lowest BCUT2D eigenvalue weighted by atomic mass is 10.1. The maximum absolute atomic E-state index is 13.0. The summed E-state index contributed by atoms with van der Waals surface area (Å²) in [4.78, 5) is 65.0. The first kappa shape index (κ1) is 23.9. The minimum absolute atomic E-state index is 0.00884. The largest absolute Gasteiger partial charge is 0.480 e. The molecular weight excluding hydrogens is 432 g/mol. The van der Waals surface area contributed by atoms with Crippen LogP contribution in [0.25, 0.3) is 0 Å². The molecule has 0 aromatic carbocycles.